The predicted octanol–water partition coefficient (Wildman–Crippen LogP) is 6.90. The van der Waals surface area contributed by atoms with Gasteiger partial charge in [0, 0.05) is 10.6 Å². The molecule has 0 saturated heterocycles. The Morgan fingerprint density at radius 3 is 2.16 bits per heavy atom. The second kappa shape index (κ2) is 15.6. The van der Waals surface area contributed by atoms with E-state index in [1.54, 1.807) is 13.0 Å². The lowest BCUT2D eigenvalue weighted by atomic mass is 9.83. The summed E-state index contributed by atoms with van der Waals surface area (Å²) in [4.78, 5) is 40.1. The van der Waals surface area contributed by atoms with E-state index in [-0.39, 0.29) is 24.8 Å². The average Bonchev–Trinajstić information content (AvgIpc) is 2.98. The smallest absolute Gasteiger partial charge is 0.265 e. The molecule has 0 saturated carbocycles. The summed E-state index contributed by atoms with van der Waals surface area (Å²) < 4.78 is 6.02. The molecule has 0 bridgehead atoms. The van der Waals surface area contributed by atoms with Crippen LogP contribution in [0.25, 0.3) is 11.1 Å². The molecular weight excluding hydrogens is 574 g/mol. The van der Waals surface area contributed by atoms with Crippen LogP contribution >= 0.6 is 11.6 Å². The number of nitrogens with two attached hydrogens (primary N) is 1. The maximum Gasteiger partial charge on any atom is 0.265 e. The van der Waals surface area contributed by atoms with Crippen LogP contribution in [-0.2, 0) is 25.5 Å². The molecule has 3 amide bonds. The third-order valence-electron chi connectivity index (χ3n) is 7.55. The number of primary amides is 1. The normalized spacial score (nSPS) is 14.3. The molecule has 3 atom stereocenters. The van der Waals surface area contributed by atoms with Gasteiger partial charge < -0.3 is 21.1 Å². The van der Waals surface area contributed by atoms with Crippen molar-refractivity contribution in [2.45, 2.75) is 78.0 Å². The standard InChI is InChI=1S/C36H44ClN3O4/c1-6-23-44-36(24-30(38)41,22-14-20-28-19-13-21-29(37)31(28)27-17-11-8-12-18-27)34(43)40-32(35(3,4)5)33(42)39-25(2)26-15-9-7-10-16-26/h6-13,15-19,21,23,25,32H,14,20,22,24H2,1-5H3,(H2,38,41)(H,39,42)(H,40,43)/t25-,32-,36-/m1/s1. The molecule has 8 heteroatoms. The molecule has 0 aliphatic heterocycles. The Kier molecular flexibility index (Phi) is 12.2. The van der Waals surface area contributed by atoms with Crippen molar-refractivity contribution < 1.29 is 19.1 Å². The van der Waals surface area contributed by atoms with Crippen LogP contribution in [0.3, 0.4) is 0 Å². The van der Waals surface area contributed by atoms with E-state index >= 15 is 0 Å². The fourth-order valence-corrected chi connectivity index (χ4v) is 5.55. The number of hydrogen-bond acceptors (Lipinski definition) is 4. The zero-order valence-corrected chi connectivity index (χ0v) is 27.0. The zero-order valence-electron chi connectivity index (χ0n) is 26.2. The van der Waals surface area contributed by atoms with Gasteiger partial charge in [0.1, 0.15) is 6.04 Å². The van der Waals surface area contributed by atoms with E-state index in [4.69, 9.17) is 22.1 Å². The topological polar surface area (TPSA) is 111 Å². The Balaban J connectivity index is 1.88. The monoisotopic (exact) mass is 617 g/mol. The molecule has 0 spiro atoms. The highest BCUT2D eigenvalue weighted by atomic mass is 35.5. The van der Waals surface area contributed by atoms with Gasteiger partial charge in [0.15, 0.2) is 5.60 Å². The number of rotatable bonds is 14. The minimum absolute atomic E-state index is 0.172. The Morgan fingerprint density at radius 1 is 0.932 bits per heavy atom. The van der Waals surface area contributed by atoms with Crippen molar-refractivity contribution in [1.29, 1.82) is 0 Å². The van der Waals surface area contributed by atoms with Crippen molar-refractivity contribution in [3.8, 4) is 11.1 Å². The molecule has 3 rings (SSSR count). The first-order valence-electron chi connectivity index (χ1n) is 14.9. The molecule has 0 fully saturated rings. The first-order chi connectivity index (χ1) is 20.9. The Bertz CT molecular complexity index is 1440. The van der Waals surface area contributed by atoms with E-state index in [9.17, 15) is 14.4 Å². The number of aryl methyl sites for hydroxylation is 1. The number of nitrogens with one attached hydrogen (secondary N) is 2. The summed E-state index contributed by atoms with van der Waals surface area (Å²) in [6.45, 7) is 9.26. The quantitative estimate of drug-likeness (QED) is 0.171. The number of allylic oxidation sites excluding steroid dienone is 1. The molecule has 3 aromatic carbocycles. The van der Waals surface area contributed by atoms with Gasteiger partial charge in [-0.15, -0.1) is 0 Å². The first kappa shape index (κ1) is 34.4. The number of halogens is 1. The van der Waals surface area contributed by atoms with Gasteiger partial charge in [-0.2, -0.15) is 0 Å². The molecule has 0 radical (unpaired) electrons. The summed E-state index contributed by atoms with van der Waals surface area (Å²) in [5, 5.41) is 6.58. The number of carbonyl (C=O) groups is 3. The molecular formula is C36H44ClN3O4. The summed E-state index contributed by atoms with van der Waals surface area (Å²) in [5.74, 6) is -1.61. The summed E-state index contributed by atoms with van der Waals surface area (Å²) in [6, 6.07) is 24.0. The molecule has 0 aromatic heterocycles. The fourth-order valence-electron chi connectivity index (χ4n) is 5.25. The van der Waals surface area contributed by atoms with Crippen LogP contribution in [0.2, 0.25) is 5.02 Å². The Hall–Kier alpha value is -4.10. The van der Waals surface area contributed by atoms with Gasteiger partial charge in [-0.05, 0) is 61.3 Å². The van der Waals surface area contributed by atoms with E-state index in [1.165, 1.54) is 6.26 Å². The van der Waals surface area contributed by atoms with Crippen LogP contribution in [-0.4, -0.2) is 29.4 Å². The highest BCUT2D eigenvalue weighted by molar-refractivity contribution is 6.33. The van der Waals surface area contributed by atoms with Crippen LogP contribution in [0.15, 0.2) is 91.2 Å². The molecule has 44 heavy (non-hydrogen) atoms. The lowest BCUT2D eigenvalue weighted by Crippen LogP contribution is -2.60. The van der Waals surface area contributed by atoms with Gasteiger partial charge >= 0.3 is 0 Å². The summed E-state index contributed by atoms with van der Waals surface area (Å²) in [5.41, 5.74) is 7.26. The highest BCUT2D eigenvalue weighted by Crippen LogP contribution is 2.34. The van der Waals surface area contributed by atoms with Gasteiger partial charge in [0.2, 0.25) is 11.8 Å². The van der Waals surface area contributed by atoms with Crippen molar-refractivity contribution in [2.24, 2.45) is 11.1 Å². The van der Waals surface area contributed by atoms with Crippen molar-refractivity contribution >= 4 is 29.3 Å². The van der Waals surface area contributed by atoms with Gasteiger partial charge in [-0.1, -0.05) is 111 Å². The SMILES string of the molecule is CC=CO[C@](CCCc1cccc(Cl)c1-c1ccccc1)(CC(N)=O)C(=O)N[C@H](C(=O)N[C@H](C)c1ccccc1)C(C)(C)C. The molecule has 3 aromatic rings. The molecule has 0 unspecified atom stereocenters. The second-order valence-electron chi connectivity index (χ2n) is 12.1. The van der Waals surface area contributed by atoms with E-state index in [1.807, 2.05) is 107 Å². The highest BCUT2D eigenvalue weighted by Gasteiger charge is 2.45. The van der Waals surface area contributed by atoms with Crippen LogP contribution in [0, 0.1) is 5.41 Å². The number of ether oxygens (including phenoxy) is 1. The van der Waals surface area contributed by atoms with E-state index in [2.05, 4.69) is 10.6 Å². The second-order valence-corrected chi connectivity index (χ2v) is 12.5. The number of amides is 3. The maximum atomic E-state index is 14.1. The van der Waals surface area contributed by atoms with Gasteiger partial charge in [-0.3, -0.25) is 14.4 Å². The van der Waals surface area contributed by atoms with Crippen molar-refractivity contribution in [3.63, 3.8) is 0 Å². The molecule has 7 nitrogen and oxygen atoms in total. The lowest BCUT2D eigenvalue weighted by molar-refractivity contribution is -0.149. The van der Waals surface area contributed by atoms with Crippen molar-refractivity contribution in [3.05, 3.63) is 107 Å². The van der Waals surface area contributed by atoms with E-state index < -0.39 is 28.9 Å². The Labute approximate surface area is 266 Å². The maximum absolute atomic E-state index is 14.1. The largest absolute Gasteiger partial charge is 0.485 e. The third-order valence-corrected chi connectivity index (χ3v) is 7.87. The van der Waals surface area contributed by atoms with Crippen LogP contribution in [0.4, 0.5) is 0 Å². The fraction of sp³-hybridized carbons (Fsp3) is 0.361. The Morgan fingerprint density at radius 2 is 1.57 bits per heavy atom. The molecule has 0 aliphatic rings. The third kappa shape index (κ3) is 9.20. The van der Waals surface area contributed by atoms with Crippen LogP contribution in [0.1, 0.15) is 71.0 Å². The van der Waals surface area contributed by atoms with Gasteiger partial charge in [0.25, 0.3) is 5.91 Å². The van der Waals surface area contributed by atoms with Crippen molar-refractivity contribution in [1.82, 2.24) is 10.6 Å². The molecule has 234 valence electrons. The number of carbonyl (C=O) groups excluding carboxylic acids is 3. The predicted molar refractivity (Wildman–Crippen MR) is 177 cm³/mol. The lowest BCUT2D eigenvalue weighted by Gasteiger charge is -2.36. The van der Waals surface area contributed by atoms with Crippen molar-refractivity contribution in [2.75, 3.05) is 0 Å². The van der Waals surface area contributed by atoms with Crippen LogP contribution in [0.5, 0.6) is 0 Å². The average molecular weight is 618 g/mol. The van der Waals surface area contributed by atoms with E-state index in [0.29, 0.717) is 17.9 Å². The summed E-state index contributed by atoms with van der Waals surface area (Å²) in [7, 11) is 0. The first-order valence-corrected chi connectivity index (χ1v) is 15.3. The number of benzene rings is 3. The van der Waals surface area contributed by atoms with E-state index in [0.717, 1.165) is 22.3 Å². The summed E-state index contributed by atoms with van der Waals surface area (Å²) >= 11 is 6.63. The minimum atomic E-state index is -1.63. The zero-order chi connectivity index (χ0) is 32.3. The summed E-state index contributed by atoms with van der Waals surface area (Å²) in [6.07, 6.45) is 3.89. The number of hydrogen-bond donors (Lipinski definition) is 3. The van der Waals surface area contributed by atoms with Crippen LogP contribution < -0.4 is 16.4 Å². The van der Waals surface area contributed by atoms with Gasteiger partial charge in [0.05, 0.1) is 18.7 Å². The molecule has 4 N–H and O–H groups in total. The minimum Gasteiger partial charge on any atom is -0.485 e. The molecule has 0 heterocycles. The molecule has 0 aliphatic carbocycles. The van der Waals surface area contributed by atoms with Gasteiger partial charge in [-0.25, -0.2) is 0 Å².